The van der Waals surface area contributed by atoms with E-state index in [0.29, 0.717) is 12.1 Å². The highest BCUT2D eigenvalue weighted by Crippen LogP contribution is 2.25. The van der Waals surface area contributed by atoms with Crippen molar-refractivity contribution < 1.29 is 13.5 Å². The van der Waals surface area contributed by atoms with Crippen molar-refractivity contribution in [2.24, 2.45) is 0 Å². The first-order valence-corrected chi connectivity index (χ1v) is 7.42. The molecule has 0 aliphatic rings. The Kier molecular flexibility index (Phi) is 5.49. The number of nitrogens with one attached hydrogen (secondary N) is 1. The largest absolute Gasteiger partial charge is 0.482 e. The SMILES string of the molecule is CCCNCc1cc(F)c(OCc2cccs2)c(F)c1. The number of benzene rings is 1. The van der Waals surface area contributed by atoms with Gasteiger partial charge in [-0.2, -0.15) is 0 Å². The van der Waals surface area contributed by atoms with Gasteiger partial charge in [-0.05, 0) is 42.1 Å². The molecule has 0 aliphatic heterocycles. The molecule has 0 aliphatic carbocycles. The molecule has 2 nitrogen and oxygen atoms in total. The smallest absolute Gasteiger partial charge is 0.191 e. The fourth-order valence-corrected chi connectivity index (χ4v) is 2.42. The highest BCUT2D eigenvalue weighted by molar-refractivity contribution is 7.09. The predicted molar refractivity (Wildman–Crippen MR) is 77.0 cm³/mol. The minimum atomic E-state index is -0.658. The Morgan fingerprint density at radius 1 is 1.25 bits per heavy atom. The Morgan fingerprint density at radius 2 is 2.00 bits per heavy atom. The lowest BCUT2D eigenvalue weighted by Gasteiger charge is -2.10. The molecule has 0 unspecified atom stereocenters. The second kappa shape index (κ2) is 7.36. The zero-order valence-electron chi connectivity index (χ0n) is 11.3. The normalized spacial score (nSPS) is 10.8. The van der Waals surface area contributed by atoms with Crippen LogP contribution in [-0.2, 0) is 13.2 Å². The van der Waals surface area contributed by atoms with Crippen LogP contribution in [0.5, 0.6) is 5.75 Å². The second-order valence-electron chi connectivity index (χ2n) is 4.43. The van der Waals surface area contributed by atoms with E-state index in [1.165, 1.54) is 23.5 Å². The Morgan fingerprint density at radius 3 is 2.60 bits per heavy atom. The van der Waals surface area contributed by atoms with Crippen molar-refractivity contribution in [1.29, 1.82) is 0 Å². The molecule has 2 rings (SSSR count). The number of halogens is 2. The monoisotopic (exact) mass is 297 g/mol. The Balaban J connectivity index is 2.02. The van der Waals surface area contributed by atoms with E-state index in [2.05, 4.69) is 5.32 Å². The zero-order valence-corrected chi connectivity index (χ0v) is 12.1. The lowest BCUT2D eigenvalue weighted by molar-refractivity contribution is 0.276. The van der Waals surface area contributed by atoms with Gasteiger partial charge in [-0.1, -0.05) is 13.0 Å². The maximum absolute atomic E-state index is 13.9. The van der Waals surface area contributed by atoms with Crippen LogP contribution < -0.4 is 10.1 Å². The van der Waals surface area contributed by atoms with Gasteiger partial charge in [-0.3, -0.25) is 0 Å². The minimum absolute atomic E-state index is 0.180. The molecule has 1 heterocycles. The molecule has 5 heteroatoms. The van der Waals surface area contributed by atoms with Crippen LogP contribution in [0.15, 0.2) is 29.6 Å². The van der Waals surface area contributed by atoms with E-state index in [0.717, 1.165) is 17.8 Å². The van der Waals surface area contributed by atoms with Crippen LogP contribution in [-0.4, -0.2) is 6.54 Å². The maximum Gasteiger partial charge on any atom is 0.191 e. The molecule has 20 heavy (non-hydrogen) atoms. The predicted octanol–water partition coefficient (Wildman–Crippen LogP) is 4.10. The van der Waals surface area contributed by atoms with Gasteiger partial charge >= 0.3 is 0 Å². The molecule has 0 spiro atoms. The molecule has 0 radical (unpaired) electrons. The molecule has 1 aromatic carbocycles. The molecular formula is C15H17F2NOS. The average Bonchev–Trinajstić information content (AvgIpc) is 2.91. The van der Waals surface area contributed by atoms with Gasteiger partial charge in [0.15, 0.2) is 17.4 Å². The van der Waals surface area contributed by atoms with Crippen molar-refractivity contribution in [2.45, 2.75) is 26.5 Å². The first kappa shape index (κ1) is 14.9. The summed E-state index contributed by atoms with van der Waals surface area (Å²) in [6.07, 6.45) is 0.979. The highest BCUT2D eigenvalue weighted by Gasteiger charge is 2.13. The van der Waals surface area contributed by atoms with Gasteiger partial charge in [0.1, 0.15) is 6.61 Å². The van der Waals surface area contributed by atoms with E-state index in [1.54, 1.807) is 0 Å². The Hall–Kier alpha value is -1.46. The third-order valence-corrected chi connectivity index (χ3v) is 3.60. The van der Waals surface area contributed by atoms with Gasteiger partial charge in [0.05, 0.1) is 0 Å². The van der Waals surface area contributed by atoms with E-state index >= 15 is 0 Å². The molecule has 0 saturated heterocycles. The number of hydrogen-bond donors (Lipinski definition) is 1. The van der Waals surface area contributed by atoms with Gasteiger partial charge in [0.25, 0.3) is 0 Å². The van der Waals surface area contributed by atoms with Crippen LogP contribution in [0, 0.1) is 11.6 Å². The Labute approximate surface area is 121 Å². The number of rotatable bonds is 7. The summed E-state index contributed by atoms with van der Waals surface area (Å²) < 4.78 is 33.0. The van der Waals surface area contributed by atoms with Crippen molar-refractivity contribution in [2.75, 3.05) is 6.54 Å². The van der Waals surface area contributed by atoms with Gasteiger partial charge in [0.2, 0.25) is 0 Å². The summed E-state index contributed by atoms with van der Waals surface area (Å²) in [5, 5.41) is 5.00. The molecule has 0 atom stereocenters. The van der Waals surface area contributed by atoms with Crippen LogP contribution in [0.3, 0.4) is 0 Å². The van der Waals surface area contributed by atoms with E-state index in [1.807, 2.05) is 24.4 Å². The van der Waals surface area contributed by atoms with Crippen molar-refractivity contribution >= 4 is 11.3 Å². The molecule has 0 bridgehead atoms. The third kappa shape index (κ3) is 4.02. The quantitative estimate of drug-likeness (QED) is 0.777. The van der Waals surface area contributed by atoms with Crippen LogP contribution >= 0.6 is 11.3 Å². The van der Waals surface area contributed by atoms with Gasteiger partial charge in [-0.15, -0.1) is 11.3 Å². The molecular weight excluding hydrogens is 280 g/mol. The first-order chi connectivity index (χ1) is 9.70. The number of hydrogen-bond acceptors (Lipinski definition) is 3. The molecule has 108 valence electrons. The second-order valence-corrected chi connectivity index (χ2v) is 5.47. The number of thiophene rings is 1. The summed E-state index contributed by atoms with van der Waals surface area (Å²) in [6.45, 7) is 3.49. The van der Waals surface area contributed by atoms with Gasteiger partial charge in [-0.25, -0.2) is 8.78 Å². The number of ether oxygens (including phenoxy) is 1. The zero-order chi connectivity index (χ0) is 14.4. The van der Waals surface area contributed by atoms with E-state index < -0.39 is 11.6 Å². The third-order valence-electron chi connectivity index (χ3n) is 2.75. The lowest BCUT2D eigenvalue weighted by atomic mass is 10.2. The van der Waals surface area contributed by atoms with Gasteiger partial charge < -0.3 is 10.1 Å². The van der Waals surface area contributed by atoms with Crippen LogP contribution in [0.25, 0.3) is 0 Å². The van der Waals surface area contributed by atoms with Crippen LogP contribution in [0.4, 0.5) is 8.78 Å². The molecule has 0 amide bonds. The summed E-state index contributed by atoms with van der Waals surface area (Å²) in [7, 11) is 0. The standard InChI is InChI=1S/C15H17F2NOS/c1-2-5-18-9-11-7-13(16)15(14(17)8-11)19-10-12-4-3-6-20-12/h3-4,6-8,18H,2,5,9-10H2,1H3. The van der Waals surface area contributed by atoms with Crippen LogP contribution in [0.1, 0.15) is 23.8 Å². The summed E-state index contributed by atoms with van der Waals surface area (Å²) in [4.78, 5) is 0.928. The topological polar surface area (TPSA) is 21.3 Å². The van der Waals surface area contributed by atoms with Crippen molar-refractivity contribution in [3.63, 3.8) is 0 Å². The first-order valence-electron chi connectivity index (χ1n) is 6.54. The van der Waals surface area contributed by atoms with E-state index in [-0.39, 0.29) is 12.4 Å². The molecule has 1 aromatic heterocycles. The van der Waals surface area contributed by atoms with Crippen molar-refractivity contribution in [3.05, 3.63) is 51.7 Å². The lowest BCUT2D eigenvalue weighted by Crippen LogP contribution is -2.14. The summed E-state index contributed by atoms with van der Waals surface area (Å²) in [6, 6.07) is 6.37. The van der Waals surface area contributed by atoms with Crippen molar-refractivity contribution in [3.8, 4) is 5.75 Å². The van der Waals surface area contributed by atoms with E-state index in [4.69, 9.17) is 4.74 Å². The summed E-state index contributed by atoms with van der Waals surface area (Å²) in [5.74, 6) is -1.62. The van der Waals surface area contributed by atoms with Crippen molar-refractivity contribution in [1.82, 2.24) is 5.32 Å². The van der Waals surface area contributed by atoms with E-state index in [9.17, 15) is 8.78 Å². The fourth-order valence-electron chi connectivity index (χ4n) is 1.80. The summed E-state index contributed by atoms with van der Waals surface area (Å²) in [5.41, 5.74) is 0.580. The highest BCUT2D eigenvalue weighted by atomic mass is 32.1. The summed E-state index contributed by atoms with van der Waals surface area (Å²) >= 11 is 1.49. The Bertz CT molecular complexity index is 520. The molecule has 1 N–H and O–H groups in total. The maximum atomic E-state index is 13.9. The molecule has 2 aromatic rings. The minimum Gasteiger partial charge on any atom is -0.482 e. The molecule has 0 fully saturated rings. The fraction of sp³-hybridized carbons (Fsp3) is 0.333. The van der Waals surface area contributed by atoms with Gasteiger partial charge in [0, 0.05) is 11.4 Å². The average molecular weight is 297 g/mol. The van der Waals surface area contributed by atoms with Crippen LogP contribution in [0.2, 0.25) is 0 Å². The molecule has 0 saturated carbocycles.